The van der Waals surface area contributed by atoms with Gasteiger partial charge in [0.1, 0.15) is 17.1 Å². The van der Waals surface area contributed by atoms with Crippen LogP contribution < -0.4 is 22.3 Å². The van der Waals surface area contributed by atoms with E-state index in [1.165, 1.54) is 4.68 Å². The summed E-state index contributed by atoms with van der Waals surface area (Å²) in [6.45, 7) is 1.72. The number of nitrogens with zero attached hydrogens (tertiary/aromatic N) is 5. The van der Waals surface area contributed by atoms with E-state index in [2.05, 4.69) is 20.5 Å². The Hall–Kier alpha value is -5.85. The minimum Gasteiger partial charge on any atom is -0.390 e. The molecule has 1 unspecified atom stereocenters. The molecule has 3 aromatic heterocycles. The number of nitrogens with two attached hydrogens (primary N) is 2. The predicted octanol–water partition coefficient (Wildman–Crippen LogP) is 3.62. The first kappa shape index (κ1) is 29.2. The Kier molecular flexibility index (Phi) is 8.06. The largest absolute Gasteiger partial charge is 0.390 e. The summed E-state index contributed by atoms with van der Waals surface area (Å²) >= 11 is 0. The number of rotatable bonds is 9. The van der Waals surface area contributed by atoms with E-state index >= 15 is 0 Å². The highest BCUT2D eigenvalue weighted by Crippen LogP contribution is 2.29. The Morgan fingerprint density at radius 3 is 2.47 bits per heavy atom. The molecule has 12 heteroatoms. The van der Waals surface area contributed by atoms with E-state index in [1.807, 2.05) is 36.4 Å². The number of hydrogen-bond acceptors (Lipinski definition) is 8. The van der Waals surface area contributed by atoms with E-state index in [0.717, 1.165) is 16.8 Å². The lowest BCUT2D eigenvalue weighted by molar-refractivity contribution is 0.102. The molecule has 6 aromatic rings. The van der Waals surface area contributed by atoms with Gasteiger partial charge in [-0.05, 0) is 43.3 Å². The van der Waals surface area contributed by atoms with Crippen molar-refractivity contribution in [2.45, 2.75) is 19.6 Å². The van der Waals surface area contributed by atoms with E-state index in [9.17, 15) is 14.7 Å². The summed E-state index contributed by atoms with van der Waals surface area (Å²) in [5.74, 6) is -0.312. The SMILES string of the molecule is Cc1c(C(=O)Nc2ccc(-c3nc(-c4cccc(-c5ccn[nH]5)c4)cnc3N)cc2)c(=O)n(-c2ccccc2)n1CC(O)CN. The number of nitrogen functional groups attached to an aromatic ring is 1. The summed E-state index contributed by atoms with van der Waals surface area (Å²) in [5.41, 5.74) is 17.3. The number of aliphatic hydroxyl groups excluding tert-OH is 1. The number of aromatic nitrogens is 6. The molecule has 0 spiro atoms. The molecule has 7 N–H and O–H groups in total. The van der Waals surface area contributed by atoms with Crippen molar-refractivity contribution in [1.29, 1.82) is 0 Å². The predicted molar refractivity (Wildman–Crippen MR) is 173 cm³/mol. The van der Waals surface area contributed by atoms with Crippen molar-refractivity contribution < 1.29 is 9.90 Å². The van der Waals surface area contributed by atoms with Gasteiger partial charge >= 0.3 is 0 Å². The summed E-state index contributed by atoms with van der Waals surface area (Å²) < 4.78 is 2.96. The first-order valence-electron chi connectivity index (χ1n) is 14.2. The van der Waals surface area contributed by atoms with Crippen LogP contribution in [0.25, 0.3) is 39.5 Å². The van der Waals surface area contributed by atoms with Crippen LogP contribution in [0.3, 0.4) is 0 Å². The number of H-pyrrole nitrogens is 1. The summed E-state index contributed by atoms with van der Waals surface area (Å²) in [4.78, 5) is 36.2. The number of benzene rings is 3. The molecule has 6 rings (SSSR count). The lowest BCUT2D eigenvalue weighted by atomic mass is 10.1. The number of carbonyl (C=O) groups excluding carboxylic acids is 1. The van der Waals surface area contributed by atoms with Crippen LogP contribution in [-0.4, -0.2) is 53.2 Å². The standard InChI is InChI=1S/C33H31N9O3/c1-20-29(33(45)42(25-8-3-2-4-9-25)41(20)19-26(43)17-34)32(44)38-24-12-10-21(11-13-24)30-31(35)36-18-28(39-30)23-7-5-6-22(16-23)27-14-15-37-40-27/h2-16,18,26,43H,17,19,34H2,1H3,(H2,35,36)(H,37,40)(H,38,44). The molecule has 0 saturated carbocycles. The third-order valence-corrected chi connectivity index (χ3v) is 7.47. The van der Waals surface area contributed by atoms with Gasteiger partial charge in [-0.25, -0.2) is 14.6 Å². The molecule has 3 aromatic carbocycles. The second kappa shape index (κ2) is 12.4. The van der Waals surface area contributed by atoms with Crippen LogP contribution in [0.2, 0.25) is 0 Å². The Morgan fingerprint density at radius 1 is 1.00 bits per heavy atom. The first-order chi connectivity index (χ1) is 21.8. The molecule has 0 aliphatic heterocycles. The molecule has 226 valence electrons. The van der Waals surface area contributed by atoms with Crippen LogP contribution in [0.5, 0.6) is 0 Å². The molecule has 3 heterocycles. The molecule has 1 atom stereocenters. The van der Waals surface area contributed by atoms with Gasteiger partial charge in [0.2, 0.25) is 0 Å². The average Bonchev–Trinajstić information content (AvgIpc) is 3.69. The van der Waals surface area contributed by atoms with Crippen LogP contribution in [0, 0.1) is 6.92 Å². The maximum absolute atomic E-state index is 13.6. The minimum atomic E-state index is -0.900. The Morgan fingerprint density at radius 2 is 1.76 bits per heavy atom. The first-order valence-corrected chi connectivity index (χ1v) is 14.2. The van der Waals surface area contributed by atoms with Gasteiger partial charge in [-0.1, -0.05) is 48.5 Å². The van der Waals surface area contributed by atoms with Crippen molar-refractivity contribution in [3.8, 4) is 39.5 Å². The summed E-state index contributed by atoms with van der Waals surface area (Å²) in [6, 6.07) is 25.6. The molecule has 0 bridgehead atoms. The summed E-state index contributed by atoms with van der Waals surface area (Å²) in [5, 5.41) is 20.1. The van der Waals surface area contributed by atoms with E-state index in [4.69, 9.17) is 16.5 Å². The van der Waals surface area contributed by atoms with Crippen molar-refractivity contribution >= 4 is 17.4 Å². The third kappa shape index (κ3) is 5.87. The van der Waals surface area contributed by atoms with Gasteiger partial charge in [0, 0.05) is 35.1 Å². The molecule has 0 radical (unpaired) electrons. The number of aromatic amines is 1. The Bertz CT molecular complexity index is 2020. The fraction of sp³-hybridized carbons (Fsp3) is 0.121. The van der Waals surface area contributed by atoms with Crippen molar-refractivity contribution in [3.05, 3.63) is 119 Å². The second-order valence-electron chi connectivity index (χ2n) is 10.5. The van der Waals surface area contributed by atoms with Crippen LogP contribution in [-0.2, 0) is 6.54 Å². The summed E-state index contributed by atoms with van der Waals surface area (Å²) in [6.07, 6.45) is 2.42. The van der Waals surface area contributed by atoms with E-state index in [-0.39, 0.29) is 24.5 Å². The quantitative estimate of drug-likeness (QED) is 0.166. The monoisotopic (exact) mass is 601 g/mol. The number of anilines is 2. The van der Waals surface area contributed by atoms with E-state index in [0.29, 0.717) is 34.0 Å². The molecular weight excluding hydrogens is 570 g/mol. The molecule has 1 amide bonds. The molecule has 0 aliphatic rings. The molecular formula is C33H31N9O3. The van der Waals surface area contributed by atoms with E-state index in [1.54, 1.807) is 72.5 Å². The van der Waals surface area contributed by atoms with Crippen molar-refractivity contribution in [2.75, 3.05) is 17.6 Å². The maximum Gasteiger partial charge on any atom is 0.284 e. The highest BCUT2D eigenvalue weighted by atomic mass is 16.3. The zero-order chi connectivity index (χ0) is 31.5. The van der Waals surface area contributed by atoms with Crippen LogP contribution in [0.4, 0.5) is 11.5 Å². The fourth-order valence-electron chi connectivity index (χ4n) is 5.15. The Labute approximate surface area is 258 Å². The highest BCUT2D eigenvalue weighted by Gasteiger charge is 2.25. The zero-order valence-corrected chi connectivity index (χ0v) is 24.4. The van der Waals surface area contributed by atoms with Crippen LogP contribution in [0.15, 0.2) is 102 Å². The topological polar surface area (TPSA) is 183 Å². The second-order valence-corrected chi connectivity index (χ2v) is 10.5. The van der Waals surface area contributed by atoms with Gasteiger partial charge in [-0.15, -0.1) is 0 Å². The van der Waals surface area contributed by atoms with Gasteiger partial charge in [-0.3, -0.25) is 19.4 Å². The van der Waals surface area contributed by atoms with Gasteiger partial charge in [0.25, 0.3) is 11.5 Å². The average molecular weight is 602 g/mol. The zero-order valence-electron chi connectivity index (χ0n) is 24.4. The van der Waals surface area contributed by atoms with Gasteiger partial charge in [0.15, 0.2) is 0 Å². The molecule has 0 fully saturated rings. The van der Waals surface area contributed by atoms with Crippen LogP contribution in [0.1, 0.15) is 16.1 Å². The fourth-order valence-corrected chi connectivity index (χ4v) is 5.15. The Balaban J connectivity index is 1.27. The minimum absolute atomic E-state index is 0.00382. The van der Waals surface area contributed by atoms with Gasteiger partial charge in [0.05, 0.1) is 41.6 Å². The number of hydrogen-bond donors (Lipinski definition) is 5. The number of aliphatic hydroxyl groups is 1. The third-order valence-electron chi connectivity index (χ3n) is 7.47. The molecule has 45 heavy (non-hydrogen) atoms. The maximum atomic E-state index is 13.6. The van der Waals surface area contributed by atoms with Gasteiger partial charge < -0.3 is 21.9 Å². The smallest absolute Gasteiger partial charge is 0.284 e. The highest BCUT2D eigenvalue weighted by molar-refractivity contribution is 6.05. The van der Waals surface area contributed by atoms with Crippen molar-refractivity contribution in [2.24, 2.45) is 5.73 Å². The number of carbonyl (C=O) groups is 1. The number of para-hydroxylation sites is 1. The van der Waals surface area contributed by atoms with Crippen LogP contribution >= 0.6 is 0 Å². The number of amides is 1. The molecule has 0 saturated heterocycles. The van der Waals surface area contributed by atoms with E-state index < -0.39 is 17.6 Å². The number of nitrogens with one attached hydrogen (secondary N) is 2. The lowest BCUT2D eigenvalue weighted by Crippen LogP contribution is -2.31. The lowest BCUT2D eigenvalue weighted by Gasteiger charge is -2.16. The van der Waals surface area contributed by atoms with Gasteiger partial charge in [-0.2, -0.15) is 5.10 Å². The molecule has 0 aliphatic carbocycles. The summed E-state index contributed by atoms with van der Waals surface area (Å²) in [7, 11) is 0. The van der Waals surface area contributed by atoms with Crippen molar-refractivity contribution in [3.63, 3.8) is 0 Å². The van der Waals surface area contributed by atoms with Crippen molar-refractivity contribution in [1.82, 2.24) is 29.5 Å². The normalized spacial score (nSPS) is 11.8. The molecule has 12 nitrogen and oxygen atoms in total.